The molecule has 0 radical (unpaired) electrons. The van der Waals surface area contributed by atoms with E-state index in [-0.39, 0.29) is 23.8 Å². The number of nitrogens with one attached hydrogen (secondary N) is 1. The van der Waals surface area contributed by atoms with Gasteiger partial charge in [0.2, 0.25) is 0 Å². The highest BCUT2D eigenvalue weighted by molar-refractivity contribution is 5.99. The van der Waals surface area contributed by atoms with Crippen molar-refractivity contribution < 1.29 is 14.8 Å². The van der Waals surface area contributed by atoms with E-state index < -0.39 is 4.92 Å². The van der Waals surface area contributed by atoms with Gasteiger partial charge in [-0.25, -0.2) is 4.68 Å². The first-order valence-electron chi connectivity index (χ1n) is 7.12. The fourth-order valence-electron chi connectivity index (χ4n) is 2.48. The number of carbonyl (C=O) groups is 1. The van der Waals surface area contributed by atoms with E-state index in [0.717, 1.165) is 10.9 Å². The summed E-state index contributed by atoms with van der Waals surface area (Å²) in [7, 11) is 0. The third kappa shape index (κ3) is 2.82. The lowest BCUT2D eigenvalue weighted by atomic mass is 10.1. The lowest BCUT2D eigenvalue weighted by Crippen LogP contribution is -2.02. The molecule has 3 aromatic rings. The zero-order valence-electron chi connectivity index (χ0n) is 12.8. The number of aliphatic hydroxyl groups is 1. The van der Waals surface area contributed by atoms with Gasteiger partial charge in [0.15, 0.2) is 5.78 Å². The van der Waals surface area contributed by atoms with Crippen LogP contribution in [-0.2, 0) is 6.73 Å². The largest absolute Gasteiger partial charge is 0.374 e. The van der Waals surface area contributed by atoms with Gasteiger partial charge >= 0.3 is 0 Å². The number of hydrogen-bond acceptors (Lipinski definition) is 6. The summed E-state index contributed by atoms with van der Waals surface area (Å²) in [5.41, 5.74) is 1.84. The summed E-state index contributed by atoms with van der Waals surface area (Å²) in [4.78, 5) is 22.0. The van der Waals surface area contributed by atoms with E-state index in [1.165, 1.54) is 29.8 Å². The molecule has 0 atom stereocenters. The monoisotopic (exact) mass is 326 g/mol. The fourth-order valence-corrected chi connectivity index (χ4v) is 2.48. The number of aliphatic hydroxyl groups excluding tert-OH is 1. The van der Waals surface area contributed by atoms with Crippen molar-refractivity contribution in [2.24, 2.45) is 0 Å². The Balaban J connectivity index is 1.97. The van der Waals surface area contributed by atoms with Crippen LogP contribution in [0.1, 0.15) is 17.3 Å². The fraction of sp³-hybridized carbons (Fsp3) is 0.125. The molecule has 0 spiro atoms. The number of Topliss-reactive ketones (excluding diaryl/α,β-unsaturated/α-hetero) is 1. The molecule has 0 unspecified atom stereocenters. The van der Waals surface area contributed by atoms with Gasteiger partial charge in [0.25, 0.3) is 5.69 Å². The van der Waals surface area contributed by atoms with Crippen LogP contribution in [0.4, 0.5) is 17.1 Å². The zero-order valence-corrected chi connectivity index (χ0v) is 12.8. The van der Waals surface area contributed by atoms with Crippen molar-refractivity contribution in [1.82, 2.24) is 9.78 Å². The predicted octanol–water partition coefficient (Wildman–Crippen LogP) is 2.84. The molecule has 0 saturated carbocycles. The van der Waals surface area contributed by atoms with Crippen LogP contribution < -0.4 is 5.32 Å². The molecule has 1 heterocycles. The number of rotatable bonds is 5. The first kappa shape index (κ1) is 15.6. The SMILES string of the molecule is CC(=O)c1cc(Nc2ccc3cnn(CO)c3c2)ccc1[N+](=O)[O-]. The normalized spacial score (nSPS) is 10.8. The Bertz CT molecular complexity index is 948. The van der Waals surface area contributed by atoms with Gasteiger partial charge in [-0.3, -0.25) is 14.9 Å². The predicted molar refractivity (Wildman–Crippen MR) is 88.3 cm³/mol. The van der Waals surface area contributed by atoms with Gasteiger partial charge in [0.05, 0.1) is 22.2 Å². The summed E-state index contributed by atoms with van der Waals surface area (Å²) >= 11 is 0. The number of fused-ring (bicyclic) bond motifs is 1. The highest BCUT2D eigenvalue weighted by Gasteiger charge is 2.17. The third-order valence-corrected chi connectivity index (χ3v) is 3.64. The Kier molecular flexibility index (Phi) is 3.97. The van der Waals surface area contributed by atoms with Gasteiger partial charge in [-0.1, -0.05) is 0 Å². The van der Waals surface area contributed by atoms with Crippen molar-refractivity contribution in [3.05, 3.63) is 58.3 Å². The molecule has 0 aliphatic carbocycles. The maximum absolute atomic E-state index is 11.6. The molecule has 2 N–H and O–H groups in total. The molecule has 24 heavy (non-hydrogen) atoms. The van der Waals surface area contributed by atoms with Crippen molar-refractivity contribution in [2.75, 3.05) is 5.32 Å². The molecule has 8 heteroatoms. The topological polar surface area (TPSA) is 110 Å². The number of benzene rings is 2. The van der Waals surface area contributed by atoms with Crippen LogP contribution in [0.2, 0.25) is 0 Å². The second-order valence-electron chi connectivity index (χ2n) is 5.23. The van der Waals surface area contributed by atoms with Gasteiger partial charge in [0.1, 0.15) is 6.73 Å². The highest BCUT2D eigenvalue weighted by Crippen LogP contribution is 2.27. The van der Waals surface area contributed by atoms with E-state index in [1.54, 1.807) is 12.3 Å². The van der Waals surface area contributed by atoms with Crippen molar-refractivity contribution in [2.45, 2.75) is 13.7 Å². The second-order valence-corrected chi connectivity index (χ2v) is 5.23. The maximum atomic E-state index is 11.6. The smallest absolute Gasteiger partial charge is 0.280 e. The summed E-state index contributed by atoms with van der Waals surface area (Å²) in [6.45, 7) is 1.05. The number of anilines is 2. The molecule has 0 amide bonds. The van der Waals surface area contributed by atoms with E-state index in [4.69, 9.17) is 0 Å². The molecule has 0 bridgehead atoms. The van der Waals surface area contributed by atoms with E-state index in [9.17, 15) is 20.0 Å². The van der Waals surface area contributed by atoms with Crippen LogP contribution in [0.3, 0.4) is 0 Å². The minimum absolute atomic E-state index is 0.0477. The Morgan fingerprint density at radius 3 is 2.67 bits per heavy atom. The summed E-state index contributed by atoms with van der Waals surface area (Å²) in [5, 5.41) is 28.3. The van der Waals surface area contributed by atoms with Crippen molar-refractivity contribution in [3.8, 4) is 0 Å². The van der Waals surface area contributed by atoms with Gasteiger partial charge < -0.3 is 10.4 Å². The molecule has 0 fully saturated rings. The van der Waals surface area contributed by atoms with E-state index in [1.807, 2.05) is 12.1 Å². The van der Waals surface area contributed by atoms with Gasteiger partial charge in [-0.2, -0.15) is 5.10 Å². The molecular formula is C16H14N4O4. The second kappa shape index (κ2) is 6.09. The third-order valence-electron chi connectivity index (χ3n) is 3.64. The average Bonchev–Trinajstić information content (AvgIpc) is 2.96. The Hall–Kier alpha value is -3.26. The molecule has 1 aromatic heterocycles. The van der Waals surface area contributed by atoms with Gasteiger partial charge in [-0.05, 0) is 37.3 Å². The van der Waals surface area contributed by atoms with Crippen LogP contribution in [-0.4, -0.2) is 25.6 Å². The number of ketones is 1. The van der Waals surface area contributed by atoms with E-state index >= 15 is 0 Å². The summed E-state index contributed by atoms with van der Waals surface area (Å²) < 4.78 is 1.44. The highest BCUT2D eigenvalue weighted by atomic mass is 16.6. The Labute approximate surface area is 136 Å². The molecule has 2 aromatic carbocycles. The lowest BCUT2D eigenvalue weighted by Gasteiger charge is -2.09. The summed E-state index contributed by atoms with van der Waals surface area (Å²) in [6, 6.07) is 9.75. The van der Waals surface area contributed by atoms with Crippen LogP contribution in [0, 0.1) is 10.1 Å². The van der Waals surface area contributed by atoms with Crippen molar-refractivity contribution in [3.63, 3.8) is 0 Å². The van der Waals surface area contributed by atoms with Crippen LogP contribution in [0.15, 0.2) is 42.6 Å². The quantitative estimate of drug-likeness (QED) is 0.424. The van der Waals surface area contributed by atoms with Crippen LogP contribution in [0.25, 0.3) is 10.9 Å². The van der Waals surface area contributed by atoms with Crippen LogP contribution in [0.5, 0.6) is 0 Å². The van der Waals surface area contributed by atoms with Gasteiger partial charge in [0, 0.05) is 22.8 Å². The van der Waals surface area contributed by atoms with E-state index in [0.29, 0.717) is 11.4 Å². The van der Waals surface area contributed by atoms with Crippen LogP contribution >= 0.6 is 0 Å². The number of carbonyl (C=O) groups excluding carboxylic acids is 1. The summed E-state index contributed by atoms with van der Waals surface area (Å²) in [5.74, 6) is -0.376. The first-order chi connectivity index (χ1) is 11.5. The van der Waals surface area contributed by atoms with Crippen molar-refractivity contribution in [1.29, 1.82) is 0 Å². The number of nitrogens with zero attached hydrogens (tertiary/aromatic N) is 3. The average molecular weight is 326 g/mol. The van der Waals surface area contributed by atoms with E-state index in [2.05, 4.69) is 10.4 Å². The molecule has 3 rings (SSSR count). The number of nitro benzene ring substituents is 1. The minimum atomic E-state index is -0.577. The number of aromatic nitrogens is 2. The molecule has 122 valence electrons. The standard InChI is InChI=1S/C16H14N4O4/c1-10(22)14-6-12(4-5-15(14)20(23)24)18-13-3-2-11-8-17-19(9-21)16(11)7-13/h2-8,18,21H,9H2,1H3. The Morgan fingerprint density at radius 1 is 1.29 bits per heavy atom. The van der Waals surface area contributed by atoms with Gasteiger partial charge in [-0.15, -0.1) is 0 Å². The molecule has 0 saturated heterocycles. The first-order valence-corrected chi connectivity index (χ1v) is 7.12. The molecular weight excluding hydrogens is 312 g/mol. The molecule has 0 aliphatic rings. The molecule has 8 nitrogen and oxygen atoms in total. The minimum Gasteiger partial charge on any atom is -0.374 e. The maximum Gasteiger partial charge on any atom is 0.280 e. The lowest BCUT2D eigenvalue weighted by molar-refractivity contribution is -0.385. The number of nitro groups is 1. The van der Waals surface area contributed by atoms with Crippen molar-refractivity contribution >= 4 is 33.7 Å². The number of hydrogen-bond donors (Lipinski definition) is 2. The molecule has 0 aliphatic heterocycles. The zero-order chi connectivity index (χ0) is 17.3. The summed E-state index contributed by atoms with van der Waals surface area (Å²) in [6.07, 6.45) is 1.65. The Morgan fingerprint density at radius 2 is 2.00 bits per heavy atom.